The number of pyridine rings is 2. The summed E-state index contributed by atoms with van der Waals surface area (Å²) in [5.41, 5.74) is 2.55. The minimum absolute atomic E-state index is 0.0284. The number of aryl methyl sites for hydroxylation is 1. The number of benzene rings is 1. The van der Waals surface area contributed by atoms with Crippen LogP contribution in [0.3, 0.4) is 0 Å². The lowest BCUT2D eigenvalue weighted by molar-refractivity contribution is -0.118. The first kappa shape index (κ1) is 16.8. The fourth-order valence-corrected chi connectivity index (χ4v) is 2.59. The van der Waals surface area contributed by atoms with Gasteiger partial charge in [-0.3, -0.25) is 14.8 Å². The fraction of sp³-hybridized carbons (Fsp3) is 0.150. The van der Waals surface area contributed by atoms with E-state index >= 15 is 0 Å². The molecule has 0 N–H and O–H groups in total. The van der Waals surface area contributed by atoms with Gasteiger partial charge in [-0.05, 0) is 35.7 Å². The van der Waals surface area contributed by atoms with Crippen molar-refractivity contribution in [3.05, 3.63) is 90.3 Å². The predicted octanol–water partition coefficient (Wildman–Crippen LogP) is 3.78. The van der Waals surface area contributed by atoms with Crippen LogP contribution in [0.15, 0.2) is 73.3 Å². The van der Waals surface area contributed by atoms with E-state index in [-0.39, 0.29) is 18.1 Å². The maximum absolute atomic E-state index is 13.2. The van der Waals surface area contributed by atoms with Crippen LogP contribution in [0.5, 0.6) is 0 Å². The highest BCUT2D eigenvalue weighted by atomic mass is 19.1. The SMILES string of the molecule is O=C(CCc1cncc(F)c1)N(Cc1ccccc1)c1ccncc1. The third-order valence-electron chi connectivity index (χ3n) is 3.85. The first-order valence-electron chi connectivity index (χ1n) is 8.06. The summed E-state index contributed by atoms with van der Waals surface area (Å²) in [6.45, 7) is 0.477. The molecule has 1 aromatic carbocycles. The normalized spacial score (nSPS) is 10.4. The molecule has 5 heteroatoms. The zero-order valence-electron chi connectivity index (χ0n) is 13.7. The molecule has 0 aliphatic carbocycles. The van der Waals surface area contributed by atoms with Gasteiger partial charge in [0.05, 0.1) is 12.7 Å². The topological polar surface area (TPSA) is 46.1 Å². The maximum atomic E-state index is 13.2. The quantitative estimate of drug-likeness (QED) is 0.689. The van der Waals surface area contributed by atoms with Crippen molar-refractivity contribution >= 4 is 11.6 Å². The number of hydrogen-bond acceptors (Lipinski definition) is 3. The van der Waals surface area contributed by atoms with E-state index in [0.717, 1.165) is 17.4 Å². The lowest BCUT2D eigenvalue weighted by Crippen LogP contribution is -2.30. The molecule has 0 saturated heterocycles. The van der Waals surface area contributed by atoms with Crippen molar-refractivity contribution < 1.29 is 9.18 Å². The summed E-state index contributed by atoms with van der Waals surface area (Å²) in [4.78, 5) is 22.4. The van der Waals surface area contributed by atoms with E-state index < -0.39 is 0 Å². The smallest absolute Gasteiger partial charge is 0.227 e. The summed E-state index contributed by atoms with van der Waals surface area (Å²) in [7, 11) is 0. The zero-order chi connectivity index (χ0) is 17.5. The molecule has 3 aromatic rings. The van der Waals surface area contributed by atoms with Gasteiger partial charge in [0.15, 0.2) is 0 Å². The number of carbonyl (C=O) groups excluding carboxylic acids is 1. The largest absolute Gasteiger partial charge is 0.308 e. The Labute approximate surface area is 146 Å². The van der Waals surface area contributed by atoms with Crippen LogP contribution in [0, 0.1) is 5.82 Å². The molecule has 0 fully saturated rings. The summed E-state index contributed by atoms with van der Waals surface area (Å²) >= 11 is 0. The molecule has 0 saturated carbocycles. The second kappa shape index (κ2) is 8.15. The van der Waals surface area contributed by atoms with E-state index in [2.05, 4.69) is 9.97 Å². The molecule has 0 atom stereocenters. The van der Waals surface area contributed by atoms with Crippen LogP contribution < -0.4 is 4.90 Å². The highest BCUT2D eigenvalue weighted by Crippen LogP contribution is 2.18. The second-order valence-corrected chi connectivity index (χ2v) is 5.68. The van der Waals surface area contributed by atoms with Crippen molar-refractivity contribution in [1.29, 1.82) is 0 Å². The molecule has 126 valence electrons. The van der Waals surface area contributed by atoms with E-state index in [4.69, 9.17) is 0 Å². The van der Waals surface area contributed by atoms with Gasteiger partial charge in [-0.1, -0.05) is 30.3 Å². The number of anilines is 1. The number of nitrogens with zero attached hydrogens (tertiary/aromatic N) is 3. The molecular formula is C20H18FN3O. The number of rotatable bonds is 6. The predicted molar refractivity (Wildman–Crippen MR) is 94.4 cm³/mol. The van der Waals surface area contributed by atoms with Gasteiger partial charge < -0.3 is 4.90 Å². The molecule has 2 aromatic heterocycles. The Kier molecular flexibility index (Phi) is 5.46. The first-order chi connectivity index (χ1) is 12.2. The van der Waals surface area contributed by atoms with E-state index in [0.29, 0.717) is 18.5 Å². The molecule has 0 aliphatic heterocycles. The van der Waals surface area contributed by atoms with E-state index in [1.165, 1.54) is 6.07 Å². The maximum Gasteiger partial charge on any atom is 0.227 e. The van der Waals surface area contributed by atoms with Crippen molar-refractivity contribution in [2.45, 2.75) is 19.4 Å². The average molecular weight is 335 g/mol. The summed E-state index contributed by atoms with van der Waals surface area (Å²) in [6, 6.07) is 14.8. The van der Waals surface area contributed by atoms with Gasteiger partial charge in [0.25, 0.3) is 0 Å². The van der Waals surface area contributed by atoms with Gasteiger partial charge in [-0.15, -0.1) is 0 Å². The van der Waals surface area contributed by atoms with Crippen molar-refractivity contribution in [1.82, 2.24) is 9.97 Å². The Morgan fingerprint density at radius 2 is 1.72 bits per heavy atom. The van der Waals surface area contributed by atoms with Crippen molar-refractivity contribution in [2.24, 2.45) is 0 Å². The second-order valence-electron chi connectivity index (χ2n) is 5.68. The van der Waals surface area contributed by atoms with E-state index in [9.17, 15) is 9.18 Å². The van der Waals surface area contributed by atoms with Crippen LogP contribution >= 0.6 is 0 Å². The first-order valence-corrected chi connectivity index (χ1v) is 8.06. The molecule has 2 heterocycles. The molecule has 0 aliphatic rings. The summed E-state index contributed by atoms with van der Waals surface area (Å²) in [5, 5.41) is 0. The van der Waals surface area contributed by atoms with Gasteiger partial charge in [-0.2, -0.15) is 0 Å². The van der Waals surface area contributed by atoms with Crippen LogP contribution in [-0.4, -0.2) is 15.9 Å². The Balaban J connectivity index is 1.75. The average Bonchev–Trinajstić information content (AvgIpc) is 2.66. The van der Waals surface area contributed by atoms with Crippen molar-refractivity contribution in [3.8, 4) is 0 Å². The summed E-state index contributed by atoms with van der Waals surface area (Å²) < 4.78 is 13.2. The summed E-state index contributed by atoms with van der Waals surface area (Å²) in [5.74, 6) is -0.417. The monoisotopic (exact) mass is 335 g/mol. The fourth-order valence-electron chi connectivity index (χ4n) is 2.59. The molecular weight excluding hydrogens is 317 g/mol. The lowest BCUT2D eigenvalue weighted by atomic mass is 10.1. The van der Waals surface area contributed by atoms with Gasteiger partial charge in [0.2, 0.25) is 5.91 Å². The van der Waals surface area contributed by atoms with E-state index in [1.807, 2.05) is 42.5 Å². The summed E-state index contributed by atoms with van der Waals surface area (Å²) in [6.07, 6.45) is 6.79. The van der Waals surface area contributed by atoms with Gasteiger partial charge >= 0.3 is 0 Å². The molecule has 0 unspecified atom stereocenters. The van der Waals surface area contributed by atoms with Gasteiger partial charge in [0, 0.05) is 30.7 Å². The van der Waals surface area contributed by atoms with E-state index in [1.54, 1.807) is 23.5 Å². The van der Waals surface area contributed by atoms with Gasteiger partial charge in [0.1, 0.15) is 5.82 Å². The molecule has 0 bridgehead atoms. The zero-order valence-corrected chi connectivity index (χ0v) is 13.7. The number of hydrogen-bond donors (Lipinski definition) is 0. The molecule has 0 spiro atoms. The molecule has 0 radical (unpaired) electrons. The van der Waals surface area contributed by atoms with Crippen molar-refractivity contribution in [3.63, 3.8) is 0 Å². The third kappa shape index (κ3) is 4.70. The number of amides is 1. The van der Waals surface area contributed by atoms with Crippen LogP contribution in [0.4, 0.5) is 10.1 Å². The Morgan fingerprint density at radius 3 is 2.44 bits per heavy atom. The Hall–Kier alpha value is -3.08. The molecule has 4 nitrogen and oxygen atoms in total. The Morgan fingerprint density at radius 1 is 0.960 bits per heavy atom. The standard InChI is InChI=1S/C20H18FN3O/c21-18-12-17(13-23-14-18)6-7-20(25)24(19-8-10-22-11-9-19)15-16-4-2-1-3-5-16/h1-5,8-14H,6-7,15H2. The third-order valence-corrected chi connectivity index (χ3v) is 3.85. The Bertz CT molecular complexity index is 825. The van der Waals surface area contributed by atoms with Crippen molar-refractivity contribution in [2.75, 3.05) is 4.90 Å². The molecule has 3 rings (SSSR count). The minimum atomic E-state index is -0.389. The van der Waals surface area contributed by atoms with Crippen LogP contribution in [0.1, 0.15) is 17.5 Å². The van der Waals surface area contributed by atoms with Crippen LogP contribution in [0.25, 0.3) is 0 Å². The lowest BCUT2D eigenvalue weighted by Gasteiger charge is -2.23. The number of halogens is 1. The highest BCUT2D eigenvalue weighted by Gasteiger charge is 2.16. The molecule has 1 amide bonds. The number of aromatic nitrogens is 2. The van der Waals surface area contributed by atoms with Gasteiger partial charge in [-0.25, -0.2) is 4.39 Å². The van der Waals surface area contributed by atoms with Crippen LogP contribution in [-0.2, 0) is 17.8 Å². The highest BCUT2D eigenvalue weighted by molar-refractivity contribution is 5.93. The number of carbonyl (C=O) groups is 1. The minimum Gasteiger partial charge on any atom is -0.308 e. The molecule has 25 heavy (non-hydrogen) atoms. The van der Waals surface area contributed by atoms with Crippen LogP contribution in [0.2, 0.25) is 0 Å².